The first-order valence-corrected chi connectivity index (χ1v) is 9.32. The summed E-state index contributed by atoms with van der Waals surface area (Å²) in [5.74, 6) is 0. The van der Waals surface area contributed by atoms with Gasteiger partial charge >= 0.3 is 0 Å². The second kappa shape index (κ2) is 8.49. The van der Waals surface area contributed by atoms with Crippen molar-refractivity contribution < 1.29 is 0 Å². The van der Waals surface area contributed by atoms with Crippen LogP contribution < -0.4 is 0 Å². The van der Waals surface area contributed by atoms with E-state index in [9.17, 15) is 0 Å². The van der Waals surface area contributed by atoms with Gasteiger partial charge in [-0.3, -0.25) is 0 Å². The molecule has 0 N–H and O–H groups in total. The molecule has 0 bridgehead atoms. The highest BCUT2D eigenvalue weighted by atomic mass is 14.2. The van der Waals surface area contributed by atoms with E-state index in [0.29, 0.717) is 0 Å². The van der Waals surface area contributed by atoms with Crippen LogP contribution >= 0.6 is 0 Å². The van der Waals surface area contributed by atoms with Crippen molar-refractivity contribution in [3.05, 3.63) is 113 Å². The molecule has 0 aromatic heterocycles. The monoisotopic (exact) mass is 338 g/mol. The smallest absolute Gasteiger partial charge is 0.00735 e. The van der Waals surface area contributed by atoms with E-state index >= 15 is 0 Å². The van der Waals surface area contributed by atoms with Crippen molar-refractivity contribution in [3.8, 4) is 0 Å². The summed E-state index contributed by atoms with van der Waals surface area (Å²) in [5, 5.41) is 0. The predicted molar refractivity (Wildman–Crippen MR) is 115 cm³/mol. The minimum absolute atomic E-state index is 0.990. The van der Waals surface area contributed by atoms with Crippen molar-refractivity contribution in [3.63, 3.8) is 0 Å². The molecule has 0 heterocycles. The van der Waals surface area contributed by atoms with E-state index in [1.807, 2.05) is 0 Å². The van der Waals surface area contributed by atoms with Crippen molar-refractivity contribution in [2.24, 2.45) is 0 Å². The average molecular weight is 338 g/mol. The minimum atomic E-state index is 0.990. The van der Waals surface area contributed by atoms with E-state index in [1.165, 1.54) is 39.0 Å². The predicted octanol–water partition coefficient (Wildman–Crippen LogP) is 7.48. The number of hydrogen-bond acceptors (Lipinski definition) is 0. The van der Waals surface area contributed by atoms with Gasteiger partial charge in [-0.05, 0) is 59.2 Å². The molecule has 130 valence electrons. The molecule has 0 nitrogen and oxygen atoms in total. The standard InChI is InChI=1S/C26H26/c1-4-20(3)21-16-18-24(19-17-21)26(23-14-10-7-11-15-23)25(5-2)22-12-8-6-9-13-22/h4,6-19H,5H2,1-3H3/b20-4-,26-25-. The minimum Gasteiger partial charge on any atom is -0.0841 e. The molecular weight excluding hydrogens is 312 g/mol. The summed E-state index contributed by atoms with van der Waals surface area (Å²) < 4.78 is 0. The fourth-order valence-corrected chi connectivity index (χ4v) is 3.35. The molecule has 0 atom stereocenters. The molecule has 0 aliphatic heterocycles. The lowest BCUT2D eigenvalue weighted by atomic mass is 9.87. The topological polar surface area (TPSA) is 0 Å². The molecule has 3 rings (SSSR count). The van der Waals surface area contributed by atoms with Gasteiger partial charge < -0.3 is 0 Å². The quantitative estimate of drug-likeness (QED) is 0.423. The molecule has 0 saturated carbocycles. The second-order valence-corrected chi connectivity index (χ2v) is 6.49. The van der Waals surface area contributed by atoms with Crippen LogP contribution in [0, 0.1) is 0 Å². The lowest BCUT2D eigenvalue weighted by molar-refractivity contribution is 1.24. The lowest BCUT2D eigenvalue weighted by Gasteiger charge is -2.17. The number of allylic oxidation sites excluding steroid dienone is 3. The van der Waals surface area contributed by atoms with Crippen LogP contribution in [0.5, 0.6) is 0 Å². The van der Waals surface area contributed by atoms with E-state index in [0.717, 1.165) is 6.42 Å². The lowest BCUT2D eigenvalue weighted by Crippen LogP contribution is -1.95. The maximum Gasteiger partial charge on any atom is -0.00735 e. The zero-order valence-electron chi connectivity index (χ0n) is 15.9. The van der Waals surface area contributed by atoms with Gasteiger partial charge in [0.25, 0.3) is 0 Å². The Morgan fingerprint density at radius 1 is 0.654 bits per heavy atom. The molecule has 0 saturated heterocycles. The van der Waals surface area contributed by atoms with Crippen LogP contribution in [0.15, 0.2) is 91.0 Å². The molecule has 0 amide bonds. The Kier molecular flexibility index (Phi) is 5.86. The highest BCUT2D eigenvalue weighted by molar-refractivity contribution is 5.98. The number of hydrogen-bond donors (Lipinski definition) is 0. The molecule has 0 aliphatic carbocycles. The van der Waals surface area contributed by atoms with Gasteiger partial charge in [0, 0.05) is 0 Å². The summed E-state index contributed by atoms with van der Waals surface area (Å²) in [6.45, 7) is 6.48. The Labute approximate surface area is 157 Å². The summed E-state index contributed by atoms with van der Waals surface area (Å²) in [4.78, 5) is 0. The zero-order chi connectivity index (χ0) is 18.4. The first-order chi connectivity index (χ1) is 12.7. The summed E-state index contributed by atoms with van der Waals surface area (Å²) in [6, 6.07) is 30.4. The van der Waals surface area contributed by atoms with Gasteiger partial charge in [0.05, 0.1) is 0 Å². The van der Waals surface area contributed by atoms with Crippen LogP contribution in [0.1, 0.15) is 49.4 Å². The van der Waals surface area contributed by atoms with Gasteiger partial charge in [0.1, 0.15) is 0 Å². The Morgan fingerprint density at radius 3 is 1.62 bits per heavy atom. The fraction of sp³-hybridized carbons (Fsp3) is 0.154. The largest absolute Gasteiger partial charge is 0.0841 e. The fourth-order valence-electron chi connectivity index (χ4n) is 3.35. The SMILES string of the molecule is C/C=C(/C)c1ccc(/C(=C(/CC)c2ccccc2)c2ccccc2)cc1. The van der Waals surface area contributed by atoms with Crippen molar-refractivity contribution >= 4 is 16.7 Å². The van der Waals surface area contributed by atoms with Crippen LogP contribution in [0.2, 0.25) is 0 Å². The van der Waals surface area contributed by atoms with Crippen LogP contribution in [0.3, 0.4) is 0 Å². The third-order valence-electron chi connectivity index (χ3n) is 4.90. The Morgan fingerprint density at radius 2 is 1.12 bits per heavy atom. The molecule has 3 aromatic carbocycles. The Bertz CT molecular complexity index is 895. The van der Waals surface area contributed by atoms with Gasteiger partial charge in [0.15, 0.2) is 0 Å². The highest BCUT2D eigenvalue weighted by Gasteiger charge is 2.12. The van der Waals surface area contributed by atoms with Gasteiger partial charge in [-0.1, -0.05) is 97.9 Å². The normalized spacial score (nSPS) is 12.7. The van der Waals surface area contributed by atoms with Crippen LogP contribution in [-0.2, 0) is 0 Å². The summed E-state index contributed by atoms with van der Waals surface area (Å²) in [6.07, 6.45) is 3.15. The molecule has 0 unspecified atom stereocenters. The van der Waals surface area contributed by atoms with Crippen molar-refractivity contribution in [2.45, 2.75) is 27.2 Å². The Balaban J connectivity index is 2.21. The molecule has 3 aromatic rings. The zero-order valence-corrected chi connectivity index (χ0v) is 15.9. The number of rotatable bonds is 5. The molecule has 0 spiro atoms. The van der Waals surface area contributed by atoms with E-state index in [1.54, 1.807) is 0 Å². The Hall–Kier alpha value is -2.86. The second-order valence-electron chi connectivity index (χ2n) is 6.49. The molecule has 0 fully saturated rings. The van der Waals surface area contributed by atoms with E-state index in [-0.39, 0.29) is 0 Å². The number of benzene rings is 3. The van der Waals surface area contributed by atoms with E-state index < -0.39 is 0 Å². The third kappa shape index (κ3) is 3.86. The maximum atomic E-state index is 2.25. The highest BCUT2D eigenvalue weighted by Crippen LogP contribution is 2.34. The van der Waals surface area contributed by atoms with Crippen molar-refractivity contribution in [1.82, 2.24) is 0 Å². The summed E-state index contributed by atoms with van der Waals surface area (Å²) in [5.41, 5.74) is 9.12. The van der Waals surface area contributed by atoms with Crippen LogP contribution in [-0.4, -0.2) is 0 Å². The molecular formula is C26H26. The van der Waals surface area contributed by atoms with Crippen LogP contribution in [0.25, 0.3) is 16.7 Å². The van der Waals surface area contributed by atoms with Gasteiger partial charge in [-0.15, -0.1) is 0 Å². The first kappa shape index (κ1) is 17.9. The van der Waals surface area contributed by atoms with Crippen molar-refractivity contribution in [2.75, 3.05) is 0 Å². The molecule has 26 heavy (non-hydrogen) atoms. The summed E-state index contributed by atoms with van der Waals surface area (Å²) in [7, 11) is 0. The summed E-state index contributed by atoms with van der Waals surface area (Å²) >= 11 is 0. The van der Waals surface area contributed by atoms with Crippen LogP contribution in [0.4, 0.5) is 0 Å². The first-order valence-electron chi connectivity index (χ1n) is 9.32. The van der Waals surface area contributed by atoms with Gasteiger partial charge in [0.2, 0.25) is 0 Å². The third-order valence-corrected chi connectivity index (χ3v) is 4.90. The molecule has 0 radical (unpaired) electrons. The maximum absolute atomic E-state index is 2.25. The van der Waals surface area contributed by atoms with Gasteiger partial charge in [-0.2, -0.15) is 0 Å². The van der Waals surface area contributed by atoms with Crippen molar-refractivity contribution in [1.29, 1.82) is 0 Å². The average Bonchev–Trinajstić information content (AvgIpc) is 2.73. The van der Waals surface area contributed by atoms with E-state index in [4.69, 9.17) is 0 Å². The van der Waals surface area contributed by atoms with Gasteiger partial charge in [-0.25, -0.2) is 0 Å². The van der Waals surface area contributed by atoms with E-state index in [2.05, 4.69) is 112 Å². The molecule has 0 heteroatoms. The molecule has 0 aliphatic rings.